The van der Waals surface area contributed by atoms with Gasteiger partial charge in [0, 0.05) is 47.7 Å². The van der Waals surface area contributed by atoms with E-state index in [-0.39, 0.29) is 91.8 Å². The molecule has 3 saturated heterocycles. The molecule has 0 aliphatic carbocycles. The lowest BCUT2D eigenvalue weighted by Gasteiger charge is -2.46. The second kappa shape index (κ2) is 56.0. The smallest absolute Gasteiger partial charge is 0.463 e. The minimum Gasteiger partial charge on any atom is -0.463 e. The van der Waals surface area contributed by atoms with Crippen LogP contribution in [0.25, 0.3) is 0 Å². The van der Waals surface area contributed by atoms with Gasteiger partial charge < -0.3 is 92.3 Å². The second-order valence-corrected chi connectivity index (χ2v) is 35.9. The molecule has 4 amide bonds. The molecule has 0 saturated carbocycles. The fourth-order valence-corrected chi connectivity index (χ4v) is 17.6. The summed E-state index contributed by atoms with van der Waals surface area (Å²) in [5.74, 6) is -5.66. The third-order valence-electron chi connectivity index (χ3n) is 21.8. The van der Waals surface area contributed by atoms with Crippen LogP contribution in [-0.4, -0.2) is 192 Å². The molecule has 37 heteroatoms. The Balaban J connectivity index is 0.824. The van der Waals surface area contributed by atoms with Crippen molar-refractivity contribution in [3.8, 4) is 0 Å². The van der Waals surface area contributed by atoms with Crippen molar-refractivity contribution in [2.45, 2.75) is 211 Å². The molecule has 17 atom stereocenters. The van der Waals surface area contributed by atoms with E-state index >= 15 is 13.9 Å². The maximum atomic E-state index is 16.2. The second-order valence-electron chi connectivity index (χ2n) is 32.6. The topological polar surface area (TPSA) is 413 Å². The molecule has 12 rings (SSSR count). The van der Waals surface area contributed by atoms with Gasteiger partial charge in [0.05, 0.1) is 72.7 Å². The molecule has 9 aromatic rings. The van der Waals surface area contributed by atoms with Gasteiger partial charge in [0.15, 0.2) is 37.2 Å². The highest BCUT2D eigenvalue weighted by molar-refractivity contribution is 7.48. The van der Waals surface area contributed by atoms with E-state index in [9.17, 15) is 33.6 Å². The molecule has 4 N–H and O–H groups in total. The fraction of sp³-hybridized carbons (Fsp3) is 0.392. The van der Waals surface area contributed by atoms with Crippen molar-refractivity contribution in [1.82, 2.24) is 21.3 Å². The Bertz CT molecular complexity index is 5290. The predicted octanol–water partition coefficient (Wildman–Crippen LogP) is 13.6. The van der Waals surface area contributed by atoms with E-state index in [2.05, 4.69) is 21.3 Å². The van der Waals surface area contributed by atoms with Crippen LogP contribution in [0.3, 0.4) is 0 Å². The number of alkyl carbamates (subject to hydrolysis) is 1. The molecule has 3 aliphatic rings. The largest absolute Gasteiger partial charge is 0.477 e. The third-order valence-corrected chi connectivity index (χ3v) is 24.5. The van der Waals surface area contributed by atoms with Crippen LogP contribution in [0.4, 0.5) is 4.79 Å². The van der Waals surface area contributed by atoms with Gasteiger partial charge in [-0.1, -0.05) is 273 Å². The summed E-state index contributed by atoms with van der Waals surface area (Å²) >= 11 is 0. The highest BCUT2D eigenvalue weighted by Gasteiger charge is 2.56. The Hall–Kier alpha value is -11.6. The van der Waals surface area contributed by atoms with Gasteiger partial charge in [0.25, 0.3) is 0 Å². The zero-order valence-electron chi connectivity index (χ0n) is 77.7. The van der Waals surface area contributed by atoms with Crippen molar-refractivity contribution in [2.24, 2.45) is 0 Å². The molecule has 0 spiro atoms. The standard InChI is InChI=1S/C102H118N4O31P2/c1-70(107)105-89-93(132-73(4)110)92(131-72(3)109)85(66-118-71(2)108)134-99(89)137-139(116,128-65-83-51-31-14-32-52-83)130-68-87-90(119-57-75-35-15-6-16-36-75)94(121-59-77-39-19-8-20-40-77)96(123-61-79-43-23-10-24-44-79)100(135-87)124-69-88(112)106-84(53-33-54-104-102(114)125-62-80-45-25-11-26-46-80)98(113)103-55-34-56-117-101-97(133-74(5)111)95(122-60-78-41-21-9-22-42-78)91(120-58-76-37-17-7-18-38-76)86(136-101)67-129-138(115,126-63-81-47-27-12-28-48-81)127-64-82-49-29-13-30-50-82/h6-32,35-52,84-87,89-97,99-101H,33-34,53-69H2,1-5H3,(H,103,113)(H,104,114)(H,105,107)(H,106,112)/t84-,85+,86+,87+,89+,90+,91+,92+,93+,94-,95-,96-,97-,99+,100-,101-,139?/m0/s1. The number of hydrogen-bond acceptors (Lipinski definition) is 31. The molecule has 1 unspecified atom stereocenters. The van der Waals surface area contributed by atoms with Crippen molar-refractivity contribution in [1.29, 1.82) is 0 Å². The maximum Gasteiger partial charge on any atom is 0.477 e. The average molecular weight is 1960 g/mol. The van der Waals surface area contributed by atoms with Crippen molar-refractivity contribution in [2.75, 3.05) is 46.1 Å². The van der Waals surface area contributed by atoms with Crippen LogP contribution < -0.4 is 21.3 Å². The highest BCUT2D eigenvalue weighted by atomic mass is 31.2. The summed E-state index contributed by atoms with van der Waals surface area (Å²) in [6.07, 6.45) is -21.0. The van der Waals surface area contributed by atoms with E-state index in [0.29, 0.717) is 33.4 Å². The summed E-state index contributed by atoms with van der Waals surface area (Å²) in [5, 5.41) is 11.1. The lowest BCUT2D eigenvalue weighted by Crippen LogP contribution is -2.66. The van der Waals surface area contributed by atoms with Crippen molar-refractivity contribution >= 4 is 63.3 Å². The number of phosphoric ester groups is 2. The first-order valence-electron chi connectivity index (χ1n) is 45.6. The Morgan fingerprint density at radius 3 is 1.09 bits per heavy atom. The highest BCUT2D eigenvalue weighted by Crippen LogP contribution is 2.55. The molecule has 0 aromatic heterocycles. The van der Waals surface area contributed by atoms with Gasteiger partial charge in [-0.3, -0.25) is 60.7 Å². The SMILES string of the molecule is CC(=O)N[C@H]1[C@@H](OP(=O)(OCc2ccccc2)OC[C@H]2O[C@H](OCC(=O)N[C@@H](CCCNC(=O)OCc3ccccc3)C(=O)NCCCO[C@H]3O[C@H](COP(=O)(OCc4ccccc4)OCc4ccccc4)[C@@H](OCc4ccccc4)[C@H](OCc4ccccc4)[C@@H]3OC(C)=O)[C@@H](OCc3ccccc3)[C@@H](OCc3ccccc3)[C@@H]2OCc2ccccc2)O[C@H](COC(C)=O)[C@@H](OC(C)=O)[C@@H]1OC(C)=O. The lowest BCUT2D eigenvalue weighted by molar-refractivity contribution is -0.325. The third kappa shape index (κ3) is 35.6. The lowest BCUT2D eigenvalue weighted by atomic mass is 9.96. The van der Waals surface area contributed by atoms with Crippen LogP contribution in [0.5, 0.6) is 0 Å². The van der Waals surface area contributed by atoms with Gasteiger partial charge in [-0.2, -0.15) is 0 Å². The molecule has 742 valence electrons. The van der Waals surface area contributed by atoms with Crippen LogP contribution in [0.15, 0.2) is 273 Å². The van der Waals surface area contributed by atoms with Crippen molar-refractivity contribution in [3.05, 3.63) is 323 Å². The number of esters is 4. The van der Waals surface area contributed by atoms with E-state index < -0.39 is 194 Å². The Morgan fingerprint density at radius 1 is 0.324 bits per heavy atom. The van der Waals surface area contributed by atoms with Gasteiger partial charge in [-0.15, -0.1) is 0 Å². The van der Waals surface area contributed by atoms with E-state index in [1.807, 2.05) is 194 Å². The molecule has 139 heavy (non-hydrogen) atoms. The summed E-state index contributed by atoms with van der Waals surface area (Å²) in [7, 11) is -9.80. The molecular formula is C102H118N4O31P2. The zero-order chi connectivity index (χ0) is 98.0. The molecule has 0 bridgehead atoms. The van der Waals surface area contributed by atoms with Gasteiger partial charge in [-0.25, -0.2) is 13.9 Å². The van der Waals surface area contributed by atoms with Crippen molar-refractivity contribution in [3.63, 3.8) is 0 Å². The normalized spacial score (nSPS) is 21.9. The molecule has 9 aromatic carbocycles. The first-order valence-corrected chi connectivity index (χ1v) is 48.5. The average Bonchev–Trinajstić information content (AvgIpc) is 0.772. The number of hydrogen-bond donors (Lipinski definition) is 4. The minimum atomic E-state index is -5.29. The van der Waals surface area contributed by atoms with Crippen LogP contribution in [0.2, 0.25) is 0 Å². The van der Waals surface area contributed by atoms with Gasteiger partial charge >= 0.3 is 45.6 Å². The number of amides is 4. The fourth-order valence-electron chi connectivity index (χ4n) is 15.2. The molecule has 0 radical (unpaired) electrons. The zero-order valence-corrected chi connectivity index (χ0v) is 79.5. The number of benzene rings is 9. The summed E-state index contributed by atoms with van der Waals surface area (Å²) in [6.45, 7) is 1.21. The summed E-state index contributed by atoms with van der Waals surface area (Å²) in [4.78, 5) is 108. The van der Waals surface area contributed by atoms with E-state index in [1.165, 1.54) is 6.92 Å². The molecule has 3 fully saturated rings. The molecular weight excluding hydrogens is 1840 g/mol. The number of ether oxygens (including phenoxy) is 15. The Labute approximate surface area is 806 Å². The van der Waals surface area contributed by atoms with Crippen LogP contribution >= 0.6 is 15.6 Å². The van der Waals surface area contributed by atoms with E-state index in [0.717, 1.165) is 44.4 Å². The Kier molecular flexibility index (Phi) is 42.8. The molecule has 3 heterocycles. The van der Waals surface area contributed by atoms with Crippen LogP contribution in [0.1, 0.15) is 104 Å². The quantitative estimate of drug-likeness (QED) is 0.0119. The number of nitrogens with one attached hydrogen (secondary N) is 4. The summed E-state index contributed by atoms with van der Waals surface area (Å²) < 4.78 is 165. The summed E-state index contributed by atoms with van der Waals surface area (Å²) in [5.41, 5.74) is 6.14. The molecule has 3 aliphatic heterocycles. The number of carbonyl (C=O) groups is 8. The van der Waals surface area contributed by atoms with Gasteiger partial charge in [0.2, 0.25) is 17.7 Å². The first kappa shape index (κ1) is 106. The van der Waals surface area contributed by atoms with Gasteiger partial charge in [0.1, 0.15) is 80.7 Å². The monoisotopic (exact) mass is 1960 g/mol. The number of phosphoric acid groups is 2. The number of carbonyl (C=O) groups excluding carboxylic acids is 8. The maximum absolute atomic E-state index is 16.2. The Morgan fingerprint density at radius 2 is 0.669 bits per heavy atom. The minimum absolute atomic E-state index is 0.000245. The van der Waals surface area contributed by atoms with E-state index in [1.54, 1.807) is 78.9 Å². The first-order chi connectivity index (χ1) is 67.5. The number of rotatable bonds is 54. The van der Waals surface area contributed by atoms with Crippen molar-refractivity contribution < 1.29 is 146 Å². The predicted molar refractivity (Wildman–Crippen MR) is 499 cm³/mol. The molecule has 35 nitrogen and oxygen atoms in total. The van der Waals surface area contributed by atoms with Gasteiger partial charge in [-0.05, 0) is 69.3 Å². The van der Waals surface area contributed by atoms with Crippen LogP contribution in [0, 0.1) is 0 Å². The van der Waals surface area contributed by atoms with Crippen LogP contribution in [-0.2, 0) is 200 Å². The van der Waals surface area contributed by atoms with E-state index in [4.69, 9.17) is 98.2 Å². The summed E-state index contributed by atoms with van der Waals surface area (Å²) in [6, 6.07) is 78.4.